The minimum atomic E-state index is -0.0375. The molecule has 0 radical (unpaired) electrons. The molecule has 1 N–H and O–H groups in total. The molecular formula is C18H18BrNO2. The van der Waals surface area contributed by atoms with Gasteiger partial charge in [0.2, 0.25) is 0 Å². The molecule has 0 aromatic heterocycles. The molecule has 1 unspecified atom stereocenters. The molecule has 0 bridgehead atoms. The molecule has 1 heterocycles. The minimum absolute atomic E-state index is 0.0375. The van der Waals surface area contributed by atoms with Crippen molar-refractivity contribution in [3.63, 3.8) is 0 Å². The van der Waals surface area contributed by atoms with E-state index in [0.29, 0.717) is 5.56 Å². The third kappa shape index (κ3) is 3.50. The van der Waals surface area contributed by atoms with Gasteiger partial charge in [-0.2, -0.15) is 0 Å². The topological polar surface area (TPSA) is 38.3 Å². The third-order valence-corrected chi connectivity index (χ3v) is 4.31. The zero-order valence-corrected chi connectivity index (χ0v) is 14.0. The van der Waals surface area contributed by atoms with Crippen LogP contribution in [0.2, 0.25) is 0 Å². The van der Waals surface area contributed by atoms with Crippen molar-refractivity contribution >= 4 is 21.8 Å². The van der Waals surface area contributed by atoms with E-state index in [-0.39, 0.29) is 11.9 Å². The van der Waals surface area contributed by atoms with Gasteiger partial charge in [0.15, 0.2) is 0 Å². The van der Waals surface area contributed by atoms with E-state index < -0.39 is 0 Å². The molecular weight excluding hydrogens is 342 g/mol. The maximum absolute atomic E-state index is 12.2. The number of hydrogen-bond acceptors (Lipinski definition) is 2. The van der Waals surface area contributed by atoms with Gasteiger partial charge in [0.05, 0.1) is 6.61 Å². The Hall–Kier alpha value is -1.81. The monoisotopic (exact) mass is 359 g/mol. The number of carbonyl (C=O) groups is 1. The van der Waals surface area contributed by atoms with Gasteiger partial charge in [-0.15, -0.1) is 0 Å². The Morgan fingerprint density at radius 1 is 1.27 bits per heavy atom. The fraction of sp³-hybridized carbons (Fsp3) is 0.278. The summed E-state index contributed by atoms with van der Waals surface area (Å²) in [6.45, 7) is 2.80. The van der Waals surface area contributed by atoms with E-state index in [2.05, 4.69) is 33.4 Å². The fourth-order valence-corrected chi connectivity index (χ4v) is 2.94. The van der Waals surface area contributed by atoms with Crippen molar-refractivity contribution in [1.82, 2.24) is 5.32 Å². The summed E-state index contributed by atoms with van der Waals surface area (Å²) >= 11 is 3.37. The lowest BCUT2D eigenvalue weighted by Crippen LogP contribution is -2.34. The van der Waals surface area contributed by atoms with Crippen LogP contribution in [0.3, 0.4) is 0 Å². The highest BCUT2D eigenvalue weighted by Crippen LogP contribution is 2.26. The van der Waals surface area contributed by atoms with E-state index >= 15 is 0 Å². The Morgan fingerprint density at radius 3 is 2.82 bits per heavy atom. The number of carbonyl (C=O) groups excluding carboxylic acids is 1. The first-order valence-electron chi connectivity index (χ1n) is 7.43. The second kappa shape index (κ2) is 6.53. The number of nitrogens with one attached hydrogen (secondary N) is 1. The highest BCUT2D eigenvalue weighted by Gasteiger charge is 2.14. The quantitative estimate of drug-likeness (QED) is 0.902. The molecule has 1 amide bonds. The van der Waals surface area contributed by atoms with E-state index in [4.69, 9.17) is 4.74 Å². The van der Waals surface area contributed by atoms with Crippen LogP contribution in [0.1, 0.15) is 28.4 Å². The molecule has 0 saturated heterocycles. The molecule has 3 rings (SSSR count). The summed E-state index contributed by atoms with van der Waals surface area (Å²) in [4.78, 5) is 12.2. The third-order valence-electron chi connectivity index (χ3n) is 3.78. The van der Waals surface area contributed by atoms with Gasteiger partial charge in [-0.25, -0.2) is 0 Å². The largest absolute Gasteiger partial charge is 0.493 e. The van der Waals surface area contributed by atoms with Crippen molar-refractivity contribution in [1.29, 1.82) is 0 Å². The van der Waals surface area contributed by atoms with Crippen molar-refractivity contribution in [3.05, 3.63) is 63.6 Å². The molecule has 2 aromatic carbocycles. The summed E-state index contributed by atoms with van der Waals surface area (Å²) in [7, 11) is 0. The van der Waals surface area contributed by atoms with Crippen LogP contribution < -0.4 is 10.1 Å². The molecule has 22 heavy (non-hydrogen) atoms. The fourth-order valence-electron chi connectivity index (χ4n) is 2.68. The Bertz CT molecular complexity index is 682. The number of rotatable bonds is 4. The van der Waals surface area contributed by atoms with Crippen molar-refractivity contribution < 1.29 is 9.53 Å². The number of ether oxygens (including phenoxy) is 1. The summed E-state index contributed by atoms with van der Waals surface area (Å²) in [6, 6.07) is 13.8. The highest BCUT2D eigenvalue weighted by molar-refractivity contribution is 9.10. The van der Waals surface area contributed by atoms with Crippen LogP contribution >= 0.6 is 15.9 Å². The van der Waals surface area contributed by atoms with Crippen LogP contribution in [0.4, 0.5) is 0 Å². The van der Waals surface area contributed by atoms with E-state index in [1.807, 2.05) is 37.3 Å². The molecule has 114 valence electrons. The average Bonchev–Trinajstić information content (AvgIpc) is 2.95. The van der Waals surface area contributed by atoms with E-state index in [9.17, 15) is 4.79 Å². The molecule has 0 saturated carbocycles. The van der Waals surface area contributed by atoms with Gasteiger partial charge in [-0.1, -0.05) is 28.1 Å². The van der Waals surface area contributed by atoms with Crippen LogP contribution in [0.5, 0.6) is 5.75 Å². The van der Waals surface area contributed by atoms with Crippen LogP contribution in [0.25, 0.3) is 0 Å². The Morgan fingerprint density at radius 2 is 2.05 bits per heavy atom. The predicted molar refractivity (Wildman–Crippen MR) is 90.4 cm³/mol. The lowest BCUT2D eigenvalue weighted by atomic mass is 10.0. The second-order valence-corrected chi connectivity index (χ2v) is 6.54. The molecule has 2 aromatic rings. The average molecular weight is 360 g/mol. The predicted octanol–water partition coefficient (Wildman–Crippen LogP) is 3.75. The van der Waals surface area contributed by atoms with Crippen molar-refractivity contribution in [2.24, 2.45) is 0 Å². The van der Waals surface area contributed by atoms with Gasteiger partial charge in [0.25, 0.3) is 5.91 Å². The van der Waals surface area contributed by atoms with E-state index in [0.717, 1.165) is 29.7 Å². The lowest BCUT2D eigenvalue weighted by Gasteiger charge is -2.14. The first kappa shape index (κ1) is 15.1. The van der Waals surface area contributed by atoms with Gasteiger partial charge in [-0.3, -0.25) is 4.79 Å². The normalized spacial score (nSPS) is 14.1. The molecule has 0 spiro atoms. The number of hydrogen-bond donors (Lipinski definition) is 1. The molecule has 0 fully saturated rings. The van der Waals surface area contributed by atoms with Crippen molar-refractivity contribution in [2.75, 3.05) is 6.61 Å². The SMILES string of the molecule is CC(Cc1ccc2c(c1)CCO2)NC(=O)c1ccc(Br)cc1. The smallest absolute Gasteiger partial charge is 0.251 e. The zero-order valence-electron chi connectivity index (χ0n) is 12.4. The summed E-state index contributed by atoms with van der Waals surface area (Å²) in [5.41, 5.74) is 3.18. The van der Waals surface area contributed by atoms with E-state index in [1.54, 1.807) is 0 Å². The Kier molecular flexibility index (Phi) is 4.48. The molecule has 1 aliphatic heterocycles. The molecule has 4 heteroatoms. The van der Waals surface area contributed by atoms with Crippen LogP contribution in [0.15, 0.2) is 46.9 Å². The number of halogens is 1. The summed E-state index contributed by atoms with van der Waals surface area (Å²) < 4.78 is 6.49. The number of benzene rings is 2. The summed E-state index contributed by atoms with van der Waals surface area (Å²) in [6.07, 6.45) is 1.79. The van der Waals surface area contributed by atoms with Crippen molar-refractivity contribution in [2.45, 2.75) is 25.8 Å². The van der Waals surface area contributed by atoms with Gasteiger partial charge in [0.1, 0.15) is 5.75 Å². The van der Waals surface area contributed by atoms with Gasteiger partial charge in [0, 0.05) is 22.5 Å². The van der Waals surface area contributed by atoms with Gasteiger partial charge in [-0.05, 0) is 54.8 Å². The maximum atomic E-state index is 12.2. The Balaban J connectivity index is 1.61. The first-order valence-corrected chi connectivity index (χ1v) is 8.22. The zero-order chi connectivity index (χ0) is 15.5. The molecule has 3 nitrogen and oxygen atoms in total. The van der Waals surface area contributed by atoms with Gasteiger partial charge < -0.3 is 10.1 Å². The summed E-state index contributed by atoms with van der Waals surface area (Å²) in [5.74, 6) is 0.958. The standard InChI is InChI=1S/C18H18BrNO2/c1-12(20-18(21)14-3-5-16(19)6-4-14)10-13-2-7-17-15(11-13)8-9-22-17/h2-7,11-12H,8-10H2,1H3,(H,20,21). The van der Waals surface area contributed by atoms with Crippen LogP contribution in [-0.4, -0.2) is 18.6 Å². The number of amides is 1. The Labute approximate surface area is 138 Å². The molecule has 0 aliphatic carbocycles. The van der Waals surface area contributed by atoms with Crippen LogP contribution in [-0.2, 0) is 12.8 Å². The number of fused-ring (bicyclic) bond motifs is 1. The maximum Gasteiger partial charge on any atom is 0.251 e. The van der Waals surface area contributed by atoms with E-state index in [1.165, 1.54) is 11.1 Å². The molecule has 1 atom stereocenters. The minimum Gasteiger partial charge on any atom is -0.493 e. The molecule has 1 aliphatic rings. The summed E-state index contributed by atoms with van der Waals surface area (Å²) in [5, 5.41) is 3.05. The lowest BCUT2D eigenvalue weighted by molar-refractivity contribution is 0.0940. The highest BCUT2D eigenvalue weighted by atomic mass is 79.9. The van der Waals surface area contributed by atoms with Gasteiger partial charge >= 0.3 is 0 Å². The van der Waals surface area contributed by atoms with Crippen LogP contribution in [0, 0.1) is 0 Å². The van der Waals surface area contributed by atoms with Crippen molar-refractivity contribution in [3.8, 4) is 5.75 Å². The first-order chi connectivity index (χ1) is 10.6. The second-order valence-electron chi connectivity index (χ2n) is 5.63.